The number of hydrogen-bond donors (Lipinski definition) is 0. The summed E-state index contributed by atoms with van der Waals surface area (Å²) in [5, 5.41) is 0. The fourth-order valence-corrected chi connectivity index (χ4v) is 10.8. The third kappa shape index (κ3) is 4.60. The normalized spacial score (nSPS) is 41.4. The zero-order valence-electron chi connectivity index (χ0n) is 21.6. The highest BCUT2D eigenvalue weighted by molar-refractivity contribution is 5.71. The summed E-state index contributed by atoms with van der Waals surface area (Å²) < 4.78 is 11.4. The van der Waals surface area contributed by atoms with Crippen LogP contribution in [0.4, 0.5) is 0 Å². The van der Waals surface area contributed by atoms with Crippen molar-refractivity contribution in [3.05, 3.63) is 29.6 Å². The smallest absolute Gasteiger partial charge is 0.306 e. The van der Waals surface area contributed by atoms with Gasteiger partial charge < -0.3 is 9.47 Å². The SMILES string of the molecule is O=C(CC12CC3CC(CC(C3)C1)C2)OCc1cncc(COC(=O)CC23CC4CC(CC(C4)C2)C3)c1. The first-order chi connectivity index (χ1) is 17.4. The van der Waals surface area contributed by atoms with Crippen molar-refractivity contribution in [2.45, 2.75) is 103 Å². The first-order valence-corrected chi connectivity index (χ1v) is 14.7. The van der Waals surface area contributed by atoms with E-state index in [1.165, 1.54) is 77.0 Å². The van der Waals surface area contributed by atoms with Crippen molar-refractivity contribution in [1.82, 2.24) is 4.98 Å². The zero-order valence-corrected chi connectivity index (χ0v) is 21.6. The van der Waals surface area contributed by atoms with Gasteiger partial charge in [-0.2, -0.15) is 0 Å². The summed E-state index contributed by atoms with van der Waals surface area (Å²) in [4.78, 5) is 29.9. The standard InChI is InChI=1S/C31H41NO4/c33-28(14-30-8-20-1-21(9-30)3-22(2-20)10-30)35-18-26-7-27(17-32-16-26)19-36-29(34)15-31-11-23-4-24(12-31)6-25(5-23)13-31/h7,16-17,20-25H,1-6,8-15,18-19H2. The van der Waals surface area contributed by atoms with E-state index in [2.05, 4.69) is 4.98 Å². The lowest BCUT2D eigenvalue weighted by molar-refractivity contribution is -0.154. The Hall–Kier alpha value is -1.91. The van der Waals surface area contributed by atoms with Crippen molar-refractivity contribution in [1.29, 1.82) is 0 Å². The van der Waals surface area contributed by atoms with Gasteiger partial charge in [-0.1, -0.05) is 0 Å². The lowest BCUT2D eigenvalue weighted by atomic mass is 9.49. The molecule has 0 amide bonds. The van der Waals surface area contributed by atoms with Gasteiger partial charge in [-0.25, -0.2) is 0 Å². The number of nitrogens with zero attached hydrogens (tertiary/aromatic N) is 1. The molecule has 8 fully saturated rings. The predicted molar refractivity (Wildman–Crippen MR) is 134 cm³/mol. The van der Waals surface area contributed by atoms with E-state index in [-0.39, 0.29) is 36.0 Å². The molecular weight excluding hydrogens is 450 g/mol. The van der Waals surface area contributed by atoms with Crippen molar-refractivity contribution < 1.29 is 19.1 Å². The second-order valence-electron chi connectivity index (χ2n) is 14.2. The quantitative estimate of drug-likeness (QED) is 0.395. The Morgan fingerprint density at radius 2 is 0.972 bits per heavy atom. The van der Waals surface area contributed by atoms with Gasteiger partial charge in [0.1, 0.15) is 13.2 Å². The topological polar surface area (TPSA) is 65.5 Å². The number of rotatable bonds is 8. The summed E-state index contributed by atoms with van der Waals surface area (Å²) >= 11 is 0. The molecule has 9 rings (SSSR count). The van der Waals surface area contributed by atoms with E-state index < -0.39 is 0 Å². The maximum atomic E-state index is 12.8. The number of esters is 2. The van der Waals surface area contributed by atoms with Gasteiger partial charge in [0.05, 0.1) is 12.8 Å². The fourth-order valence-electron chi connectivity index (χ4n) is 10.8. The molecule has 1 heterocycles. The molecule has 0 unspecified atom stereocenters. The molecule has 5 nitrogen and oxygen atoms in total. The molecule has 0 N–H and O–H groups in total. The molecule has 1 aromatic heterocycles. The van der Waals surface area contributed by atoms with Crippen molar-refractivity contribution in [3.63, 3.8) is 0 Å². The Balaban J connectivity index is 0.895. The van der Waals surface area contributed by atoms with Crippen LogP contribution in [0, 0.1) is 46.3 Å². The molecule has 0 saturated heterocycles. The molecule has 8 aliphatic carbocycles. The van der Waals surface area contributed by atoms with Crippen molar-refractivity contribution >= 4 is 11.9 Å². The molecule has 0 atom stereocenters. The molecule has 8 bridgehead atoms. The number of aromatic nitrogens is 1. The number of ether oxygens (including phenoxy) is 2. The fraction of sp³-hybridized carbons (Fsp3) is 0.774. The zero-order chi connectivity index (χ0) is 24.3. The largest absolute Gasteiger partial charge is 0.461 e. The van der Waals surface area contributed by atoms with Crippen LogP contribution in [-0.4, -0.2) is 16.9 Å². The Kier molecular flexibility index (Phi) is 5.70. The van der Waals surface area contributed by atoms with E-state index in [0.29, 0.717) is 12.8 Å². The van der Waals surface area contributed by atoms with Crippen LogP contribution in [0.2, 0.25) is 0 Å². The predicted octanol–water partition coefficient (Wildman–Crippen LogP) is 6.38. The average molecular weight is 492 g/mol. The molecule has 5 heteroatoms. The Morgan fingerprint density at radius 1 is 0.639 bits per heavy atom. The van der Waals surface area contributed by atoms with E-state index in [0.717, 1.165) is 46.6 Å². The Morgan fingerprint density at radius 3 is 1.31 bits per heavy atom. The van der Waals surface area contributed by atoms with Gasteiger partial charge in [0, 0.05) is 23.5 Å². The summed E-state index contributed by atoms with van der Waals surface area (Å²) in [6.07, 6.45) is 20.3. The minimum Gasteiger partial charge on any atom is -0.461 e. The molecule has 0 aromatic carbocycles. The van der Waals surface area contributed by atoms with E-state index in [1.54, 1.807) is 12.4 Å². The highest BCUT2D eigenvalue weighted by Crippen LogP contribution is 2.62. The Labute approximate surface area is 215 Å². The van der Waals surface area contributed by atoms with Gasteiger partial charge in [-0.05, 0) is 129 Å². The number of hydrogen-bond acceptors (Lipinski definition) is 5. The van der Waals surface area contributed by atoms with Crippen LogP contribution in [0.3, 0.4) is 0 Å². The van der Waals surface area contributed by atoms with Gasteiger partial charge in [0.15, 0.2) is 0 Å². The summed E-state index contributed by atoms with van der Waals surface area (Å²) in [7, 11) is 0. The highest BCUT2D eigenvalue weighted by Gasteiger charge is 2.52. The van der Waals surface area contributed by atoms with E-state index in [9.17, 15) is 9.59 Å². The highest BCUT2D eigenvalue weighted by atomic mass is 16.5. The maximum Gasteiger partial charge on any atom is 0.306 e. The lowest BCUT2D eigenvalue weighted by Crippen LogP contribution is -2.47. The molecule has 36 heavy (non-hydrogen) atoms. The maximum absolute atomic E-state index is 12.8. The third-order valence-electron chi connectivity index (χ3n) is 11.0. The van der Waals surface area contributed by atoms with Gasteiger partial charge in [0.25, 0.3) is 0 Å². The van der Waals surface area contributed by atoms with Gasteiger partial charge in [-0.15, -0.1) is 0 Å². The van der Waals surface area contributed by atoms with Crippen LogP contribution in [-0.2, 0) is 32.3 Å². The third-order valence-corrected chi connectivity index (χ3v) is 11.0. The summed E-state index contributed by atoms with van der Waals surface area (Å²) in [6, 6.07) is 1.96. The molecule has 8 saturated carbocycles. The monoisotopic (exact) mass is 491 g/mol. The van der Waals surface area contributed by atoms with Gasteiger partial charge in [-0.3, -0.25) is 14.6 Å². The molecule has 8 aliphatic rings. The van der Waals surface area contributed by atoms with Crippen molar-refractivity contribution in [2.75, 3.05) is 0 Å². The second-order valence-corrected chi connectivity index (χ2v) is 14.2. The van der Waals surface area contributed by atoms with E-state index >= 15 is 0 Å². The molecular formula is C31H41NO4. The molecule has 0 radical (unpaired) electrons. The second kappa shape index (κ2) is 8.84. The van der Waals surface area contributed by atoms with Crippen LogP contribution in [0.15, 0.2) is 18.5 Å². The Bertz CT molecular complexity index is 883. The van der Waals surface area contributed by atoms with Crippen LogP contribution in [0.5, 0.6) is 0 Å². The minimum atomic E-state index is -0.0654. The first kappa shape index (κ1) is 23.2. The van der Waals surface area contributed by atoms with Crippen LogP contribution < -0.4 is 0 Å². The van der Waals surface area contributed by atoms with Gasteiger partial charge >= 0.3 is 11.9 Å². The average Bonchev–Trinajstić information content (AvgIpc) is 2.79. The van der Waals surface area contributed by atoms with Crippen LogP contribution in [0.25, 0.3) is 0 Å². The number of carbonyl (C=O) groups excluding carboxylic acids is 2. The lowest BCUT2D eigenvalue weighted by Gasteiger charge is -2.56. The van der Waals surface area contributed by atoms with Crippen molar-refractivity contribution in [3.8, 4) is 0 Å². The summed E-state index contributed by atoms with van der Waals surface area (Å²) in [6.45, 7) is 0.487. The van der Waals surface area contributed by atoms with Crippen molar-refractivity contribution in [2.24, 2.45) is 46.3 Å². The molecule has 0 spiro atoms. The number of pyridine rings is 1. The molecule has 194 valence electrons. The van der Waals surface area contributed by atoms with Gasteiger partial charge in [0.2, 0.25) is 0 Å². The molecule has 1 aromatic rings. The van der Waals surface area contributed by atoms with Crippen LogP contribution >= 0.6 is 0 Å². The minimum absolute atomic E-state index is 0.0654. The van der Waals surface area contributed by atoms with E-state index in [1.807, 2.05) is 6.07 Å². The summed E-state index contributed by atoms with van der Waals surface area (Å²) in [5.41, 5.74) is 2.14. The van der Waals surface area contributed by atoms with Crippen LogP contribution in [0.1, 0.15) is 101 Å². The first-order valence-electron chi connectivity index (χ1n) is 14.7. The number of carbonyl (C=O) groups is 2. The summed E-state index contributed by atoms with van der Waals surface area (Å²) in [5.74, 6) is 4.93. The molecule has 0 aliphatic heterocycles. The van der Waals surface area contributed by atoms with E-state index in [4.69, 9.17) is 9.47 Å².